The van der Waals surface area contributed by atoms with Gasteiger partial charge in [-0.1, -0.05) is 12.1 Å². The monoisotopic (exact) mass is 450 g/mol. The summed E-state index contributed by atoms with van der Waals surface area (Å²) in [5, 5.41) is 6.59. The van der Waals surface area contributed by atoms with Crippen LogP contribution in [0.2, 0.25) is 0 Å². The summed E-state index contributed by atoms with van der Waals surface area (Å²) in [6.45, 7) is 10.1. The van der Waals surface area contributed by atoms with Crippen molar-refractivity contribution in [2.45, 2.75) is 19.9 Å². The van der Waals surface area contributed by atoms with E-state index in [1.165, 1.54) is 0 Å². The predicted octanol–water partition coefficient (Wildman–Crippen LogP) is 2.55. The average molecular weight is 451 g/mol. The van der Waals surface area contributed by atoms with Gasteiger partial charge in [-0.05, 0) is 40.1 Å². The average Bonchev–Trinajstić information content (AvgIpc) is 2.72. The van der Waals surface area contributed by atoms with Gasteiger partial charge in [0.1, 0.15) is 5.75 Å². The number of nitrogens with one attached hydrogen (secondary N) is 2. The Bertz CT molecular complexity index is 812. The first-order valence-corrected chi connectivity index (χ1v) is 10.5. The number of anilines is 4. The van der Waals surface area contributed by atoms with Gasteiger partial charge < -0.3 is 25.2 Å². The molecule has 1 aliphatic heterocycles. The highest BCUT2D eigenvalue weighted by molar-refractivity contribution is 5.85. The molecule has 0 aliphatic carbocycles. The molecule has 0 saturated carbocycles. The van der Waals surface area contributed by atoms with Crippen molar-refractivity contribution >= 4 is 35.9 Å². The van der Waals surface area contributed by atoms with Gasteiger partial charge in [0.15, 0.2) is 0 Å². The van der Waals surface area contributed by atoms with E-state index in [4.69, 9.17) is 9.72 Å². The van der Waals surface area contributed by atoms with Gasteiger partial charge >= 0.3 is 0 Å². The summed E-state index contributed by atoms with van der Waals surface area (Å²) in [4.78, 5) is 20.9. The number of nitrogens with zero attached hydrogens (tertiary/aromatic N) is 6. The smallest absolute Gasteiger partial charge is 0.233 e. The number of para-hydroxylation sites is 2. The lowest BCUT2D eigenvalue weighted by molar-refractivity contribution is 0.228. The van der Waals surface area contributed by atoms with E-state index >= 15 is 0 Å². The van der Waals surface area contributed by atoms with Crippen LogP contribution in [-0.4, -0.2) is 91.3 Å². The number of likely N-dealkylation sites (N-methyl/N-ethyl adjacent to an activating group) is 1. The number of rotatable bonds is 9. The third kappa shape index (κ3) is 7.37. The van der Waals surface area contributed by atoms with Crippen LogP contribution in [0.5, 0.6) is 5.75 Å². The molecule has 1 aromatic heterocycles. The van der Waals surface area contributed by atoms with Crippen LogP contribution in [0.3, 0.4) is 0 Å². The topological polar surface area (TPSA) is 81.7 Å². The SMILES string of the molecule is COc1ccccc1Nc1nc(NC(C)C)nc(N2CCN(CCN(C)C)CC2)n1.Cl. The maximum atomic E-state index is 5.44. The Morgan fingerprint density at radius 1 is 1.03 bits per heavy atom. The molecule has 2 heterocycles. The summed E-state index contributed by atoms with van der Waals surface area (Å²) in [7, 11) is 5.88. The molecule has 31 heavy (non-hydrogen) atoms. The van der Waals surface area contributed by atoms with Crippen LogP contribution in [0.25, 0.3) is 0 Å². The molecule has 2 aromatic rings. The zero-order valence-corrected chi connectivity index (χ0v) is 19.9. The Balaban J connectivity index is 0.00000341. The van der Waals surface area contributed by atoms with Crippen molar-refractivity contribution in [2.75, 3.05) is 76.0 Å². The van der Waals surface area contributed by atoms with Crippen molar-refractivity contribution in [1.29, 1.82) is 0 Å². The summed E-state index contributed by atoms with van der Waals surface area (Å²) in [5.41, 5.74) is 0.821. The maximum Gasteiger partial charge on any atom is 0.233 e. The van der Waals surface area contributed by atoms with Crippen molar-refractivity contribution < 1.29 is 4.74 Å². The summed E-state index contributed by atoms with van der Waals surface area (Å²) in [6, 6.07) is 7.96. The van der Waals surface area contributed by atoms with E-state index in [0.29, 0.717) is 17.8 Å². The van der Waals surface area contributed by atoms with Crippen LogP contribution in [0, 0.1) is 0 Å². The first-order valence-electron chi connectivity index (χ1n) is 10.5. The fraction of sp³-hybridized carbons (Fsp3) is 0.571. The fourth-order valence-electron chi connectivity index (χ4n) is 3.27. The molecule has 0 atom stereocenters. The Hall–Kier alpha value is -2.36. The number of benzene rings is 1. The highest BCUT2D eigenvalue weighted by Crippen LogP contribution is 2.26. The van der Waals surface area contributed by atoms with E-state index in [0.717, 1.165) is 50.7 Å². The summed E-state index contributed by atoms with van der Waals surface area (Å²) < 4.78 is 5.44. The van der Waals surface area contributed by atoms with Gasteiger partial charge in [0.25, 0.3) is 0 Å². The number of aromatic nitrogens is 3. The second kappa shape index (κ2) is 11.9. The third-order valence-electron chi connectivity index (χ3n) is 4.91. The summed E-state index contributed by atoms with van der Waals surface area (Å²) >= 11 is 0. The van der Waals surface area contributed by atoms with Gasteiger partial charge in [-0.15, -0.1) is 12.4 Å². The Kier molecular flexibility index (Phi) is 9.54. The van der Waals surface area contributed by atoms with Crippen LogP contribution < -0.4 is 20.3 Å². The minimum Gasteiger partial charge on any atom is -0.495 e. The molecular weight excluding hydrogens is 416 g/mol. The third-order valence-corrected chi connectivity index (χ3v) is 4.91. The van der Waals surface area contributed by atoms with Crippen LogP contribution >= 0.6 is 12.4 Å². The lowest BCUT2D eigenvalue weighted by Gasteiger charge is -2.35. The molecule has 1 saturated heterocycles. The highest BCUT2D eigenvalue weighted by atomic mass is 35.5. The van der Waals surface area contributed by atoms with Crippen molar-refractivity contribution in [3.8, 4) is 5.75 Å². The largest absolute Gasteiger partial charge is 0.495 e. The van der Waals surface area contributed by atoms with E-state index in [1.54, 1.807) is 7.11 Å². The van der Waals surface area contributed by atoms with E-state index in [9.17, 15) is 0 Å². The molecule has 9 nitrogen and oxygen atoms in total. The number of piperazine rings is 1. The van der Waals surface area contributed by atoms with Gasteiger partial charge in [0.05, 0.1) is 12.8 Å². The molecule has 0 spiro atoms. The van der Waals surface area contributed by atoms with Crippen LogP contribution in [0.4, 0.5) is 23.5 Å². The fourth-order valence-corrected chi connectivity index (χ4v) is 3.27. The number of methoxy groups -OCH3 is 1. The van der Waals surface area contributed by atoms with E-state index in [-0.39, 0.29) is 18.4 Å². The van der Waals surface area contributed by atoms with Crippen molar-refractivity contribution in [3.63, 3.8) is 0 Å². The van der Waals surface area contributed by atoms with Crippen molar-refractivity contribution in [3.05, 3.63) is 24.3 Å². The molecule has 1 fully saturated rings. The summed E-state index contributed by atoms with van der Waals surface area (Å²) in [5.74, 6) is 2.51. The minimum absolute atomic E-state index is 0. The van der Waals surface area contributed by atoms with Crippen LogP contribution in [0.15, 0.2) is 24.3 Å². The standard InChI is InChI=1S/C21H34N8O.ClH/c1-16(2)22-19-24-20(23-17-8-6-7-9-18(17)30-5)26-21(25-19)29-14-12-28(13-15-29)11-10-27(3)4;/h6-9,16H,10-15H2,1-5H3,(H2,22,23,24,25,26);1H. The minimum atomic E-state index is 0. The Morgan fingerprint density at radius 2 is 1.71 bits per heavy atom. The number of hydrogen-bond donors (Lipinski definition) is 2. The van der Waals surface area contributed by atoms with Crippen molar-refractivity contribution in [2.24, 2.45) is 0 Å². The van der Waals surface area contributed by atoms with Crippen molar-refractivity contribution in [1.82, 2.24) is 24.8 Å². The lowest BCUT2D eigenvalue weighted by Crippen LogP contribution is -2.48. The van der Waals surface area contributed by atoms with Gasteiger partial charge in [0.2, 0.25) is 17.8 Å². The van der Waals surface area contributed by atoms with Gasteiger partial charge in [-0.25, -0.2) is 0 Å². The van der Waals surface area contributed by atoms with Gasteiger partial charge in [-0.2, -0.15) is 15.0 Å². The molecule has 3 rings (SSSR count). The molecule has 0 amide bonds. The predicted molar refractivity (Wildman–Crippen MR) is 129 cm³/mol. The lowest BCUT2D eigenvalue weighted by atomic mass is 10.3. The van der Waals surface area contributed by atoms with Gasteiger partial charge in [-0.3, -0.25) is 4.90 Å². The highest BCUT2D eigenvalue weighted by Gasteiger charge is 2.21. The molecule has 1 aliphatic rings. The second-order valence-corrected chi connectivity index (χ2v) is 8.04. The molecule has 10 heteroatoms. The normalized spacial score (nSPS) is 14.5. The first kappa shape index (κ1) is 24.9. The second-order valence-electron chi connectivity index (χ2n) is 8.04. The van der Waals surface area contributed by atoms with E-state index < -0.39 is 0 Å². The van der Waals surface area contributed by atoms with E-state index in [2.05, 4.69) is 63.2 Å². The number of hydrogen-bond acceptors (Lipinski definition) is 9. The van der Waals surface area contributed by atoms with E-state index in [1.807, 2.05) is 24.3 Å². The molecule has 2 N–H and O–H groups in total. The zero-order chi connectivity index (χ0) is 21.5. The van der Waals surface area contributed by atoms with Crippen LogP contribution in [0.1, 0.15) is 13.8 Å². The molecule has 0 bridgehead atoms. The molecule has 172 valence electrons. The van der Waals surface area contributed by atoms with Gasteiger partial charge in [0, 0.05) is 45.3 Å². The zero-order valence-electron chi connectivity index (χ0n) is 19.1. The quantitative estimate of drug-likeness (QED) is 0.598. The maximum absolute atomic E-state index is 5.44. The first-order chi connectivity index (χ1) is 14.4. The molecule has 0 radical (unpaired) electrons. The molecular formula is C21H35ClN8O. The molecule has 1 aromatic carbocycles. The Labute approximate surface area is 191 Å². The number of halogens is 1. The molecule has 0 unspecified atom stereocenters. The van der Waals surface area contributed by atoms with Crippen LogP contribution in [-0.2, 0) is 0 Å². The number of ether oxygens (including phenoxy) is 1. The Morgan fingerprint density at radius 3 is 2.35 bits per heavy atom. The summed E-state index contributed by atoms with van der Waals surface area (Å²) in [6.07, 6.45) is 0.